The Kier molecular flexibility index (Phi) is 9.64. The molecule has 0 spiro atoms. The number of aryl methyl sites for hydroxylation is 2. The number of carbonyl (C=O) groups excluding carboxylic acids is 1. The summed E-state index contributed by atoms with van der Waals surface area (Å²) in [5.41, 5.74) is 13.7. The number of nitrogens with two attached hydrogens (primary N) is 2. The van der Waals surface area contributed by atoms with Gasteiger partial charge in [0.1, 0.15) is 11.4 Å². The second-order valence-electron chi connectivity index (χ2n) is 10.1. The van der Waals surface area contributed by atoms with Crippen molar-refractivity contribution < 1.29 is 4.79 Å². The number of aromatic nitrogens is 3. The van der Waals surface area contributed by atoms with Gasteiger partial charge in [-0.2, -0.15) is 5.10 Å². The summed E-state index contributed by atoms with van der Waals surface area (Å²) in [6, 6.07) is 18.1. The molecule has 0 saturated heterocycles. The van der Waals surface area contributed by atoms with Crippen LogP contribution in [0.5, 0.6) is 0 Å². The van der Waals surface area contributed by atoms with E-state index in [4.69, 9.17) is 11.5 Å². The third-order valence-corrected chi connectivity index (χ3v) is 7.25. The van der Waals surface area contributed by atoms with Crippen LogP contribution in [-0.2, 0) is 13.5 Å². The van der Waals surface area contributed by atoms with Crippen LogP contribution >= 0.6 is 0 Å². The predicted octanol–water partition coefficient (Wildman–Crippen LogP) is 5.18. The Morgan fingerprint density at radius 2 is 1.88 bits per heavy atom. The number of benzene rings is 2. The molecule has 1 saturated carbocycles. The van der Waals surface area contributed by atoms with Gasteiger partial charge in [-0.25, -0.2) is 0 Å². The molecule has 5 N–H and O–H groups in total. The van der Waals surface area contributed by atoms with Crippen molar-refractivity contribution in [2.24, 2.45) is 18.7 Å². The summed E-state index contributed by atoms with van der Waals surface area (Å²) in [6.45, 7) is 6.15. The minimum Gasteiger partial charge on any atom is -0.381 e. The van der Waals surface area contributed by atoms with Crippen LogP contribution in [0.2, 0.25) is 0 Å². The monoisotopic (exact) mass is 550 g/mol. The molecule has 1 aliphatic rings. The zero-order valence-electron chi connectivity index (χ0n) is 23.8. The van der Waals surface area contributed by atoms with Gasteiger partial charge in [0.25, 0.3) is 11.5 Å². The van der Waals surface area contributed by atoms with E-state index in [1.807, 2.05) is 53.1 Å². The van der Waals surface area contributed by atoms with Crippen LogP contribution in [0.3, 0.4) is 0 Å². The fraction of sp³-hybridized carbons (Fsp3) is 0.303. The van der Waals surface area contributed by atoms with E-state index < -0.39 is 5.91 Å². The van der Waals surface area contributed by atoms with Crippen LogP contribution in [0.25, 0.3) is 16.5 Å². The molecule has 8 nitrogen and oxygen atoms in total. The maximum Gasteiger partial charge on any atom is 0.264 e. The number of primary amides is 1. The quantitative estimate of drug-likeness (QED) is 0.226. The van der Waals surface area contributed by atoms with E-state index in [9.17, 15) is 9.59 Å². The summed E-state index contributed by atoms with van der Waals surface area (Å²) < 4.78 is 3.31. The summed E-state index contributed by atoms with van der Waals surface area (Å²) in [5.74, 6) is 7.32. The van der Waals surface area contributed by atoms with Crippen LogP contribution < -0.4 is 22.3 Å². The Bertz CT molecular complexity index is 1650. The second kappa shape index (κ2) is 13.5. The second-order valence-corrected chi connectivity index (χ2v) is 10.1. The Morgan fingerprint density at radius 3 is 2.54 bits per heavy atom. The van der Waals surface area contributed by atoms with Crippen LogP contribution in [0.1, 0.15) is 60.6 Å². The summed E-state index contributed by atoms with van der Waals surface area (Å²) in [7, 11) is 1.67. The molecule has 212 valence electrons. The first kappa shape index (κ1) is 29.2. The van der Waals surface area contributed by atoms with Crippen molar-refractivity contribution in [1.82, 2.24) is 14.3 Å². The minimum atomic E-state index is -0.595. The highest BCUT2D eigenvalue weighted by Gasteiger charge is 2.18. The molecule has 41 heavy (non-hydrogen) atoms. The number of nitrogens with one attached hydrogen (secondary N) is 1. The van der Waals surface area contributed by atoms with Crippen molar-refractivity contribution in [3.63, 3.8) is 0 Å². The first-order valence-corrected chi connectivity index (χ1v) is 14.1. The highest BCUT2D eigenvalue weighted by Crippen LogP contribution is 2.24. The molecular formula is C33H38N6O2. The molecule has 1 fully saturated rings. The third kappa shape index (κ3) is 6.69. The molecule has 5 rings (SSSR count). The zero-order chi connectivity index (χ0) is 29.4. The number of amides is 1. The van der Waals surface area contributed by atoms with Crippen molar-refractivity contribution in [3.05, 3.63) is 94.4 Å². The summed E-state index contributed by atoms with van der Waals surface area (Å²) >= 11 is 0. The lowest BCUT2D eigenvalue weighted by Crippen LogP contribution is -2.22. The predicted molar refractivity (Wildman–Crippen MR) is 167 cm³/mol. The first-order valence-electron chi connectivity index (χ1n) is 14.1. The largest absolute Gasteiger partial charge is 0.381 e. The molecule has 4 aromatic rings. The Labute approximate surface area is 241 Å². The number of nitrogen functional groups attached to an aromatic ring is 1. The smallest absolute Gasteiger partial charge is 0.264 e. The van der Waals surface area contributed by atoms with Gasteiger partial charge < -0.3 is 16.8 Å². The normalized spacial score (nSPS) is 13.0. The van der Waals surface area contributed by atoms with Gasteiger partial charge in [0.15, 0.2) is 5.82 Å². The maximum atomic E-state index is 13.5. The van der Waals surface area contributed by atoms with Gasteiger partial charge >= 0.3 is 0 Å². The van der Waals surface area contributed by atoms with Gasteiger partial charge in [-0.3, -0.25) is 18.8 Å². The molecule has 2 heterocycles. The lowest BCUT2D eigenvalue weighted by atomic mass is 9.89. The summed E-state index contributed by atoms with van der Waals surface area (Å²) in [5, 5.41) is 8.54. The van der Waals surface area contributed by atoms with Gasteiger partial charge in [-0.15, -0.1) is 6.58 Å². The van der Waals surface area contributed by atoms with Crippen molar-refractivity contribution in [2.75, 3.05) is 17.6 Å². The SMILES string of the molecule is C=CCNc1c(C(N)=O)c(N)nn1C.CCc1cc2cccc(C#CC3CCCCC3)c2c(=O)n1-c1ccccc1. The number of hydrogen-bond donors (Lipinski definition) is 3. The number of fused-ring (bicyclic) bond motifs is 1. The highest BCUT2D eigenvalue weighted by molar-refractivity contribution is 6.02. The van der Waals surface area contributed by atoms with Crippen molar-refractivity contribution >= 4 is 28.3 Å². The van der Waals surface area contributed by atoms with E-state index in [0.29, 0.717) is 18.3 Å². The van der Waals surface area contributed by atoms with Gasteiger partial charge in [-0.1, -0.05) is 74.4 Å². The number of rotatable bonds is 6. The molecule has 0 unspecified atom stereocenters. The van der Waals surface area contributed by atoms with E-state index in [2.05, 4.69) is 41.8 Å². The van der Waals surface area contributed by atoms with Crippen molar-refractivity contribution in [1.29, 1.82) is 0 Å². The lowest BCUT2D eigenvalue weighted by Gasteiger charge is -2.16. The standard InChI is InChI=1S/C25H25NO.C8H13N5O/c1-2-22-18-21-13-9-12-20(17-16-19-10-5-3-6-11-19)24(21)25(27)26(22)23-14-7-4-8-15-23;1-3-4-11-8-5(7(10)14)6(9)12-13(8)2/h4,7-9,12-15,18-19H,2-3,5-6,10-11H2,1H3;3,11H,1,4H2,2H3,(H2,9,12)(H2,10,14). The molecule has 0 radical (unpaired) electrons. The topological polar surface area (TPSA) is 121 Å². The van der Waals surface area contributed by atoms with Crippen LogP contribution in [0, 0.1) is 17.8 Å². The van der Waals surface area contributed by atoms with Gasteiger partial charge in [-0.05, 0) is 48.9 Å². The van der Waals surface area contributed by atoms with Crippen LogP contribution in [-0.4, -0.2) is 26.8 Å². The third-order valence-electron chi connectivity index (χ3n) is 7.25. The molecular weight excluding hydrogens is 512 g/mol. The van der Waals surface area contributed by atoms with E-state index in [-0.39, 0.29) is 16.9 Å². The van der Waals surface area contributed by atoms with E-state index in [0.717, 1.165) is 34.1 Å². The number of pyridine rings is 1. The molecule has 1 aliphatic carbocycles. The van der Waals surface area contributed by atoms with Gasteiger partial charge in [0.05, 0.1) is 5.39 Å². The average molecular weight is 551 g/mol. The molecule has 2 aromatic carbocycles. The van der Waals surface area contributed by atoms with E-state index >= 15 is 0 Å². The van der Waals surface area contributed by atoms with Gasteiger partial charge in [0, 0.05) is 36.5 Å². The number of nitrogens with zero attached hydrogens (tertiary/aromatic N) is 3. The van der Waals surface area contributed by atoms with Crippen LogP contribution in [0.4, 0.5) is 11.6 Å². The fourth-order valence-corrected chi connectivity index (χ4v) is 5.23. The summed E-state index contributed by atoms with van der Waals surface area (Å²) in [4.78, 5) is 24.5. The van der Waals surface area contributed by atoms with Crippen LogP contribution in [0.15, 0.2) is 72.0 Å². The highest BCUT2D eigenvalue weighted by atomic mass is 16.1. The first-order chi connectivity index (χ1) is 19.8. The lowest BCUT2D eigenvalue weighted by molar-refractivity contribution is 0.100. The van der Waals surface area contributed by atoms with E-state index in [1.54, 1.807) is 13.1 Å². The average Bonchev–Trinajstić information content (AvgIpc) is 3.28. The molecule has 0 bridgehead atoms. The number of anilines is 2. The Morgan fingerprint density at radius 1 is 1.15 bits per heavy atom. The molecule has 1 amide bonds. The molecule has 2 aromatic heterocycles. The number of hydrogen-bond acceptors (Lipinski definition) is 5. The summed E-state index contributed by atoms with van der Waals surface area (Å²) in [6.07, 6.45) is 8.71. The number of para-hydroxylation sites is 1. The maximum absolute atomic E-state index is 13.5. The molecule has 8 heteroatoms. The Balaban J connectivity index is 0.000000234. The van der Waals surface area contributed by atoms with E-state index in [1.165, 1.54) is 36.8 Å². The molecule has 0 atom stereocenters. The minimum absolute atomic E-state index is 0.0316. The fourth-order valence-electron chi connectivity index (χ4n) is 5.23. The number of carbonyl (C=O) groups is 1. The zero-order valence-corrected chi connectivity index (χ0v) is 23.8. The van der Waals surface area contributed by atoms with Gasteiger partial charge in [0.2, 0.25) is 0 Å². The Hall–Kier alpha value is -4.77. The van der Waals surface area contributed by atoms with Crippen molar-refractivity contribution in [2.45, 2.75) is 45.4 Å². The van der Waals surface area contributed by atoms with Crippen molar-refractivity contribution in [3.8, 4) is 17.5 Å². The molecule has 0 aliphatic heterocycles.